The Morgan fingerprint density at radius 2 is 2.07 bits per heavy atom. The molecule has 0 saturated heterocycles. The fourth-order valence-corrected chi connectivity index (χ4v) is 1.31. The maximum atomic E-state index is 11.4. The van der Waals surface area contributed by atoms with E-state index < -0.39 is 6.04 Å². The number of aryl methyl sites for hydroxylation is 1. The van der Waals surface area contributed by atoms with E-state index >= 15 is 0 Å². The monoisotopic (exact) mass is 224 g/mol. The lowest BCUT2D eigenvalue weighted by atomic mass is 10.1. The number of nitrogens with two attached hydrogens (primary N) is 1. The zero-order valence-corrected chi connectivity index (χ0v) is 9.63. The Kier molecular flexibility index (Phi) is 4.65. The van der Waals surface area contributed by atoms with Crippen LogP contribution in [0, 0.1) is 0 Å². The van der Waals surface area contributed by atoms with Gasteiger partial charge in [-0.2, -0.15) is 12.6 Å². The van der Waals surface area contributed by atoms with Crippen molar-refractivity contribution >= 4 is 24.2 Å². The van der Waals surface area contributed by atoms with Gasteiger partial charge >= 0.3 is 0 Å². The van der Waals surface area contributed by atoms with Crippen LogP contribution in [0.5, 0.6) is 0 Å². The Labute approximate surface area is 95.5 Å². The third-order valence-corrected chi connectivity index (χ3v) is 2.56. The maximum absolute atomic E-state index is 11.4. The van der Waals surface area contributed by atoms with Crippen molar-refractivity contribution in [2.24, 2.45) is 5.73 Å². The summed E-state index contributed by atoms with van der Waals surface area (Å²) in [4.78, 5) is 11.4. The smallest absolute Gasteiger partial charge is 0.242 e. The summed E-state index contributed by atoms with van der Waals surface area (Å²) in [6.45, 7) is 2.09. The predicted molar refractivity (Wildman–Crippen MR) is 66.3 cm³/mol. The van der Waals surface area contributed by atoms with Crippen LogP contribution in [-0.4, -0.2) is 17.7 Å². The lowest BCUT2D eigenvalue weighted by Crippen LogP contribution is -2.37. The molecular weight excluding hydrogens is 208 g/mol. The molecule has 0 aliphatic carbocycles. The first-order chi connectivity index (χ1) is 7.17. The minimum absolute atomic E-state index is 0.200. The molecule has 0 spiro atoms. The summed E-state index contributed by atoms with van der Waals surface area (Å²) in [5, 5.41) is 2.73. The van der Waals surface area contributed by atoms with Gasteiger partial charge in [0.1, 0.15) is 0 Å². The molecule has 3 N–H and O–H groups in total. The van der Waals surface area contributed by atoms with Gasteiger partial charge < -0.3 is 11.1 Å². The molecule has 1 rings (SSSR count). The molecule has 0 saturated carbocycles. The highest BCUT2D eigenvalue weighted by Gasteiger charge is 2.10. The minimum Gasteiger partial charge on any atom is -0.325 e. The second kappa shape index (κ2) is 5.78. The molecule has 0 heterocycles. The molecule has 0 aromatic heterocycles. The topological polar surface area (TPSA) is 55.1 Å². The van der Waals surface area contributed by atoms with Crippen LogP contribution >= 0.6 is 12.6 Å². The van der Waals surface area contributed by atoms with Gasteiger partial charge in [-0.15, -0.1) is 0 Å². The molecule has 0 aliphatic heterocycles. The van der Waals surface area contributed by atoms with E-state index in [9.17, 15) is 4.79 Å². The van der Waals surface area contributed by atoms with E-state index in [4.69, 9.17) is 5.73 Å². The number of thiol groups is 1. The van der Waals surface area contributed by atoms with Crippen LogP contribution in [-0.2, 0) is 11.2 Å². The van der Waals surface area contributed by atoms with Gasteiger partial charge in [0, 0.05) is 11.4 Å². The van der Waals surface area contributed by atoms with Crippen LogP contribution in [0.15, 0.2) is 24.3 Å². The van der Waals surface area contributed by atoms with E-state index in [2.05, 4.69) is 24.9 Å². The maximum Gasteiger partial charge on any atom is 0.242 e. The Bertz CT molecular complexity index is 324. The molecule has 1 aromatic carbocycles. The van der Waals surface area contributed by atoms with Gasteiger partial charge in [-0.1, -0.05) is 19.1 Å². The fourth-order valence-electron chi connectivity index (χ4n) is 1.14. The quantitative estimate of drug-likeness (QED) is 0.678. The Morgan fingerprint density at radius 1 is 1.47 bits per heavy atom. The van der Waals surface area contributed by atoms with Crippen LogP contribution in [0.2, 0.25) is 0 Å². The first-order valence-electron chi connectivity index (χ1n) is 4.93. The third kappa shape index (κ3) is 3.57. The van der Waals surface area contributed by atoms with E-state index in [1.807, 2.05) is 24.3 Å². The molecule has 15 heavy (non-hydrogen) atoms. The zero-order chi connectivity index (χ0) is 11.3. The minimum atomic E-state index is -0.556. The van der Waals surface area contributed by atoms with E-state index in [1.54, 1.807) is 0 Å². The van der Waals surface area contributed by atoms with Gasteiger partial charge in [0.2, 0.25) is 5.91 Å². The second-order valence-electron chi connectivity index (χ2n) is 3.33. The van der Waals surface area contributed by atoms with Gasteiger partial charge in [-0.25, -0.2) is 0 Å². The molecule has 1 unspecified atom stereocenters. The SMILES string of the molecule is CCc1ccc(NC(=O)C(N)CS)cc1. The van der Waals surface area contributed by atoms with Crippen molar-refractivity contribution in [3.63, 3.8) is 0 Å². The summed E-state index contributed by atoms with van der Waals surface area (Å²) in [7, 11) is 0. The second-order valence-corrected chi connectivity index (χ2v) is 3.69. The summed E-state index contributed by atoms with van der Waals surface area (Å²) in [5.74, 6) is 0.146. The van der Waals surface area contributed by atoms with Crippen molar-refractivity contribution in [2.75, 3.05) is 11.1 Å². The molecule has 0 bridgehead atoms. The highest BCUT2D eigenvalue weighted by Crippen LogP contribution is 2.10. The van der Waals surface area contributed by atoms with Gasteiger partial charge in [0.05, 0.1) is 6.04 Å². The van der Waals surface area contributed by atoms with Crippen molar-refractivity contribution in [3.05, 3.63) is 29.8 Å². The fraction of sp³-hybridized carbons (Fsp3) is 0.364. The van der Waals surface area contributed by atoms with Crippen LogP contribution < -0.4 is 11.1 Å². The number of benzene rings is 1. The summed E-state index contributed by atoms with van der Waals surface area (Å²) < 4.78 is 0. The van der Waals surface area contributed by atoms with Crippen molar-refractivity contribution in [1.29, 1.82) is 0 Å². The van der Waals surface area contributed by atoms with Crippen molar-refractivity contribution in [3.8, 4) is 0 Å². The zero-order valence-electron chi connectivity index (χ0n) is 8.73. The van der Waals surface area contributed by atoms with E-state index in [0.717, 1.165) is 12.1 Å². The third-order valence-electron chi connectivity index (χ3n) is 2.16. The molecular formula is C11H16N2OS. The van der Waals surface area contributed by atoms with Crippen LogP contribution in [0.4, 0.5) is 5.69 Å². The number of hydrogen-bond acceptors (Lipinski definition) is 3. The van der Waals surface area contributed by atoms with E-state index in [0.29, 0.717) is 5.75 Å². The van der Waals surface area contributed by atoms with Crippen molar-refractivity contribution in [1.82, 2.24) is 0 Å². The molecule has 1 aromatic rings. The molecule has 1 atom stereocenters. The molecule has 0 aliphatic rings. The largest absolute Gasteiger partial charge is 0.325 e. The molecule has 82 valence electrons. The summed E-state index contributed by atoms with van der Waals surface area (Å²) in [6.07, 6.45) is 0.990. The number of anilines is 1. The molecule has 1 amide bonds. The number of amides is 1. The number of nitrogens with one attached hydrogen (secondary N) is 1. The van der Waals surface area contributed by atoms with Crippen molar-refractivity contribution < 1.29 is 4.79 Å². The summed E-state index contributed by atoms with van der Waals surface area (Å²) in [6, 6.07) is 7.17. The van der Waals surface area contributed by atoms with Crippen LogP contribution in [0.25, 0.3) is 0 Å². The Balaban J connectivity index is 2.61. The lowest BCUT2D eigenvalue weighted by molar-refractivity contribution is -0.116. The molecule has 0 fully saturated rings. The highest BCUT2D eigenvalue weighted by molar-refractivity contribution is 7.80. The lowest BCUT2D eigenvalue weighted by Gasteiger charge is -2.09. The average Bonchev–Trinajstić information content (AvgIpc) is 2.29. The van der Waals surface area contributed by atoms with Gasteiger partial charge in [-0.05, 0) is 24.1 Å². The summed E-state index contributed by atoms with van der Waals surface area (Å²) >= 11 is 3.97. The molecule has 3 nitrogen and oxygen atoms in total. The molecule has 0 radical (unpaired) electrons. The molecule has 4 heteroatoms. The number of carbonyl (C=O) groups is 1. The Morgan fingerprint density at radius 3 is 2.53 bits per heavy atom. The Hall–Kier alpha value is -1.00. The normalized spacial score (nSPS) is 12.2. The number of carbonyl (C=O) groups excluding carboxylic acids is 1. The average molecular weight is 224 g/mol. The van der Waals surface area contributed by atoms with Crippen molar-refractivity contribution in [2.45, 2.75) is 19.4 Å². The van der Waals surface area contributed by atoms with Crippen LogP contribution in [0.3, 0.4) is 0 Å². The summed E-state index contributed by atoms with van der Waals surface area (Å²) in [5.41, 5.74) is 7.55. The van der Waals surface area contributed by atoms with E-state index in [1.165, 1.54) is 5.56 Å². The van der Waals surface area contributed by atoms with E-state index in [-0.39, 0.29) is 5.91 Å². The van der Waals surface area contributed by atoms with Gasteiger partial charge in [-0.3, -0.25) is 4.79 Å². The number of hydrogen-bond donors (Lipinski definition) is 3. The van der Waals surface area contributed by atoms with Gasteiger partial charge in [0.15, 0.2) is 0 Å². The number of rotatable bonds is 4. The predicted octanol–water partition coefficient (Wildman–Crippen LogP) is 1.44. The standard InChI is InChI=1S/C11H16N2OS/c1-2-8-3-5-9(6-4-8)13-11(14)10(12)7-15/h3-6,10,15H,2,7,12H2,1H3,(H,13,14). The highest BCUT2D eigenvalue weighted by atomic mass is 32.1. The first-order valence-corrected chi connectivity index (χ1v) is 5.57. The first kappa shape index (κ1) is 12.1. The van der Waals surface area contributed by atoms with Crippen LogP contribution in [0.1, 0.15) is 12.5 Å². The van der Waals surface area contributed by atoms with Gasteiger partial charge in [0.25, 0.3) is 0 Å².